The summed E-state index contributed by atoms with van der Waals surface area (Å²) in [6.45, 7) is -0.969. The summed E-state index contributed by atoms with van der Waals surface area (Å²) in [4.78, 5) is 12.0. The van der Waals surface area contributed by atoms with Gasteiger partial charge in [-0.2, -0.15) is 8.78 Å². The highest BCUT2D eigenvalue weighted by molar-refractivity contribution is 5.79. The van der Waals surface area contributed by atoms with Crippen molar-refractivity contribution in [2.75, 3.05) is 0 Å². The van der Waals surface area contributed by atoms with Gasteiger partial charge < -0.3 is 15.2 Å². The number of amides is 1. The lowest BCUT2D eigenvalue weighted by molar-refractivity contribution is -0.127. The molecule has 2 rings (SSSR count). The van der Waals surface area contributed by atoms with Crippen molar-refractivity contribution in [1.29, 1.82) is 0 Å². The topological polar surface area (TPSA) is 58.6 Å². The van der Waals surface area contributed by atoms with E-state index in [1.807, 2.05) is 6.92 Å². The number of hydrogen-bond donors (Lipinski definition) is 2. The van der Waals surface area contributed by atoms with E-state index in [0.29, 0.717) is 18.4 Å². The zero-order valence-corrected chi connectivity index (χ0v) is 11.8. The molecule has 0 aromatic heterocycles. The van der Waals surface area contributed by atoms with Crippen molar-refractivity contribution in [2.24, 2.45) is 5.92 Å². The molecule has 1 aliphatic carbocycles. The van der Waals surface area contributed by atoms with Crippen LogP contribution in [-0.4, -0.2) is 23.7 Å². The monoisotopic (exact) mass is 299 g/mol. The summed E-state index contributed by atoms with van der Waals surface area (Å²) in [7, 11) is 0. The molecule has 1 aliphatic rings. The van der Waals surface area contributed by atoms with Crippen molar-refractivity contribution in [3.8, 4) is 5.75 Å². The average molecular weight is 299 g/mol. The number of hydrogen-bond acceptors (Lipinski definition) is 3. The van der Waals surface area contributed by atoms with Gasteiger partial charge in [-0.25, -0.2) is 0 Å². The smallest absolute Gasteiger partial charge is 0.387 e. The van der Waals surface area contributed by atoms with Gasteiger partial charge in [0, 0.05) is 12.1 Å². The minimum absolute atomic E-state index is 0.0582. The highest BCUT2D eigenvalue weighted by Gasteiger charge is 2.31. The maximum Gasteiger partial charge on any atom is 0.387 e. The lowest BCUT2D eigenvalue weighted by Crippen LogP contribution is -2.34. The van der Waals surface area contributed by atoms with E-state index in [1.54, 1.807) is 12.1 Å². The molecule has 1 amide bonds. The second-order valence-corrected chi connectivity index (χ2v) is 5.31. The van der Waals surface area contributed by atoms with Gasteiger partial charge in [0.15, 0.2) is 0 Å². The number of aryl methyl sites for hydroxylation is 1. The van der Waals surface area contributed by atoms with Crippen molar-refractivity contribution in [3.63, 3.8) is 0 Å². The molecule has 1 saturated carbocycles. The fourth-order valence-corrected chi connectivity index (χ4v) is 2.62. The fraction of sp³-hybridized carbons (Fsp3) is 0.533. The predicted molar refractivity (Wildman–Crippen MR) is 73.0 cm³/mol. The first-order valence-electron chi connectivity index (χ1n) is 6.97. The molecule has 0 aliphatic heterocycles. The molecule has 0 bridgehead atoms. The van der Waals surface area contributed by atoms with Crippen LogP contribution in [0.4, 0.5) is 8.78 Å². The second-order valence-electron chi connectivity index (χ2n) is 5.31. The van der Waals surface area contributed by atoms with Gasteiger partial charge in [-0.1, -0.05) is 17.7 Å². The molecule has 0 radical (unpaired) electrons. The fourth-order valence-electron chi connectivity index (χ4n) is 2.62. The molecule has 0 saturated heterocycles. The highest BCUT2D eigenvalue weighted by atomic mass is 19.3. The number of ether oxygens (including phenoxy) is 1. The van der Waals surface area contributed by atoms with Gasteiger partial charge in [0.05, 0.1) is 12.0 Å². The van der Waals surface area contributed by atoms with Gasteiger partial charge >= 0.3 is 6.61 Å². The van der Waals surface area contributed by atoms with Crippen LogP contribution in [0, 0.1) is 12.8 Å². The normalized spacial score (nSPS) is 21.6. The Morgan fingerprint density at radius 2 is 2.24 bits per heavy atom. The SMILES string of the molecule is Cc1ccc(OC(F)F)c(CNC(=O)C2CCCC2O)c1. The number of aliphatic hydroxyl groups is 1. The molecule has 6 heteroatoms. The van der Waals surface area contributed by atoms with E-state index in [-0.39, 0.29) is 18.2 Å². The molecule has 21 heavy (non-hydrogen) atoms. The third kappa shape index (κ3) is 4.14. The van der Waals surface area contributed by atoms with Crippen LogP contribution in [0.25, 0.3) is 0 Å². The summed E-state index contributed by atoms with van der Waals surface area (Å²) >= 11 is 0. The van der Waals surface area contributed by atoms with E-state index in [0.717, 1.165) is 12.0 Å². The van der Waals surface area contributed by atoms with Crippen molar-refractivity contribution in [1.82, 2.24) is 5.32 Å². The standard InChI is InChI=1S/C15H19F2NO3/c1-9-5-6-13(21-15(16)17)10(7-9)8-18-14(20)11-3-2-4-12(11)19/h5-7,11-12,15,19H,2-4,8H2,1H3,(H,18,20). The minimum atomic E-state index is -2.90. The second kappa shape index (κ2) is 6.85. The molecule has 2 N–H and O–H groups in total. The van der Waals surface area contributed by atoms with Crippen LogP contribution in [-0.2, 0) is 11.3 Å². The zero-order chi connectivity index (χ0) is 15.4. The molecule has 1 aromatic rings. The maximum atomic E-state index is 12.4. The van der Waals surface area contributed by atoms with Gasteiger partial charge in [0.2, 0.25) is 5.91 Å². The number of aliphatic hydroxyl groups excluding tert-OH is 1. The van der Waals surface area contributed by atoms with Crippen LogP contribution in [0.5, 0.6) is 5.75 Å². The summed E-state index contributed by atoms with van der Waals surface area (Å²) in [6.07, 6.45) is 1.49. The first-order valence-corrected chi connectivity index (χ1v) is 6.97. The summed E-state index contributed by atoms with van der Waals surface area (Å²) < 4.78 is 29.2. The molecule has 1 fully saturated rings. The summed E-state index contributed by atoms with van der Waals surface area (Å²) in [5.74, 6) is -0.596. The van der Waals surface area contributed by atoms with Crippen molar-refractivity contribution in [2.45, 2.75) is 45.4 Å². The molecule has 0 spiro atoms. The number of benzene rings is 1. The quantitative estimate of drug-likeness (QED) is 0.877. The van der Waals surface area contributed by atoms with Crippen LogP contribution in [0.3, 0.4) is 0 Å². The Balaban J connectivity index is 2.01. The molecule has 2 atom stereocenters. The average Bonchev–Trinajstić information content (AvgIpc) is 2.84. The molecular formula is C15H19F2NO3. The Morgan fingerprint density at radius 3 is 2.86 bits per heavy atom. The lowest BCUT2D eigenvalue weighted by atomic mass is 10.0. The molecule has 2 unspecified atom stereocenters. The van der Waals surface area contributed by atoms with E-state index in [4.69, 9.17) is 0 Å². The predicted octanol–water partition coefficient (Wildman–Crippen LogP) is 2.37. The van der Waals surface area contributed by atoms with Crippen LogP contribution in [0.15, 0.2) is 18.2 Å². The third-order valence-corrected chi connectivity index (χ3v) is 3.70. The Bertz CT molecular complexity index is 508. The van der Waals surface area contributed by atoms with Crippen LogP contribution >= 0.6 is 0 Å². The number of nitrogens with one attached hydrogen (secondary N) is 1. The molecule has 1 aromatic carbocycles. The van der Waals surface area contributed by atoms with E-state index in [9.17, 15) is 18.7 Å². The molecule has 0 heterocycles. The molecule has 116 valence electrons. The van der Waals surface area contributed by atoms with E-state index in [1.165, 1.54) is 6.07 Å². The summed E-state index contributed by atoms with van der Waals surface area (Å²) in [5.41, 5.74) is 1.39. The number of halogens is 2. The maximum absolute atomic E-state index is 12.4. The minimum Gasteiger partial charge on any atom is -0.434 e. The lowest BCUT2D eigenvalue weighted by Gasteiger charge is -2.16. The molecular weight excluding hydrogens is 280 g/mol. The number of alkyl halides is 2. The largest absolute Gasteiger partial charge is 0.434 e. The van der Waals surface area contributed by atoms with Crippen LogP contribution < -0.4 is 10.1 Å². The summed E-state index contributed by atoms with van der Waals surface area (Å²) in [5, 5.41) is 12.4. The van der Waals surface area contributed by atoms with Gasteiger partial charge in [0.1, 0.15) is 5.75 Å². The van der Waals surface area contributed by atoms with Gasteiger partial charge in [-0.15, -0.1) is 0 Å². The van der Waals surface area contributed by atoms with Crippen LogP contribution in [0.1, 0.15) is 30.4 Å². The Hall–Kier alpha value is -1.69. The first kappa shape index (κ1) is 15.7. The van der Waals surface area contributed by atoms with E-state index >= 15 is 0 Å². The van der Waals surface area contributed by atoms with Gasteiger partial charge in [-0.05, 0) is 32.3 Å². The van der Waals surface area contributed by atoms with Crippen molar-refractivity contribution >= 4 is 5.91 Å². The molecule has 4 nitrogen and oxygen atoms in total. The van der Waals surface area contributed by atoms with Crippen LogP contribution in [0.2, 0.25) is 0 Å². The van der Waals surface area contributed by atoms with Crippen molar-refractivity contribution in [3.05, 3.63) is 29.3 Å². The Labute approximate surface area is 122 Å². The van der Waals surface area contributed by atoms with Gasteiger partial charge in [-0.3, -0.25) is 4.79 Å². The Kier molecular flexibility index (Phi) is 5.12. The van der Waals surface area contributed by atoms with E-state index < -0.39 is 18.6 Å². The number of rotatable bonds is 5. The summed E-state index contributed by atoms with van der Waals surface area (Å²) in [6, 6.07) is 4.83. The Morgan fingerprint density at radius 1 is 1.48 bits per heavy atom. The first-order chi connectivity index (χ1) is 9.97. The number of carbonyl (C=O) groups is 1. The zero-order valence-electron chi connectivity index (χ0n) is 11.8. The number of carbonyl (C=O) groups excluding carboxylic acids is 1. The highest BCUT2D eigenvalue weighted by Crippen LogP contribution is 2.26. The van der Waals surface area contributed by atoms with E-state index in [2.05, 4.69) is 10.1 Å². The van der Waals surface area contributed by atoms with Gasteiger partial charge in [0.25, 0.3) is 0 Å². The third-order valence-electron chi connectivity index (χ3n) is 3.70. The van der Waals surface area contributed by atoms with Crippen molar-refractivity contribution < 1.29 is 23.4 Å².